The molecule has 3 aromatic rings. The Hall–Kier alpha value is -3.18. The van der Waals surface area contributed by atoms with Gasteiger partial charge in [-0.1, -0.05) is 5.10 Å². The highest BCUT2D eigenvalue weighted by atomic mass is 32.1. The number of anilines is 1. The lowest BCUT2D eigenvalue weighted by Gasteiger charge is -2.14. The van der Waals surface area contributed by atoms with Crippen molar-refractivity contribution in [3.63, 3.8) is 0 Å². The van der Waals surface area contributed by atoms with E-state index >= 15 is 4.39 Å². The molecule has 0 saturated carbocycles. The van der Waals surface area contributed by atoms with Gasteiger partial charge in [0.25, 0.3) is 11.1 Å². The number of nitrogens with one attached hydrogen (secondary N) is 1. The van der Waals surface area contributed by atoms with Crippen molar-refractivity contribution in [2.45, 2.75) is 20.3 Å². The Morgan fingerprint density at radius 2 is 2.16 bits per heavy atom. The second-order valence-corrected chi connectivity index (χ2v) is 8.28. The lowest BCUT2D eigenvalue weighted by Crippen LogP contribution is -2.14. The van der Waals surface area contributed by atoms with Gasteiger partial charge >= 0.3 is 0 Å². The number of methoxy groups -OCH3 is 1. The van der Waals surface area contributed by atoms with E-state index in [4.69, 9.17) is 14.2 Å². The Kier molecular flexibility index (Phi) is 6.56. The van der Waals surface area contributed by atoms with Gasteiger partial charge in [0.2, 0.25) is 5.13 Å². The maximum atomic E-state index is 15.0. The smallest absolute Gasteiger partial charge is 0.295 e. The molecule has 9 nitrogen and oxygen atoms in total. The second-order valence-electron chi connectivity index (χ2n) is 7.34. The maximum Gasteiger partial charge on any atom is 0.295 e. The largest absolute Gasteiger partial charge is 0.494 e. The Labute approximate surface area is 188 Å². The minimum Gasteiger partial charge on any atom is -0.494 e. The van der Waals surface area contributed by atoms with E-state index in [-0.39, 0.29) is 27.7 Å². The molecule has 0 aromatic carbocycles. The number of pyridine rings is 2. The molecule has 0 aliphatic carbocycles. The van der Waals surface area contributed by atoms with E-state index in [9.17, 15) is 4.79 Å². The molecule has 4 heterocycles. The summed E-state index contributed by atoms with van der Waals surface area (Å²) in [5, 5.41) is 11.2. The van der Waals surface area contributed by atoms with E-state index in [1.54, 1.807) is 19.9 Å². The van der Waals surface area contributed by atoms with Crippen molar-refractivity contribution in [2.24, 2.45) is 5.92 Å². The maximum absolute atomic E-state index is 15.0. The van der Waals surface area contributed by atoms with Gasteiger partial charge in [0, 0.05) is 30.0 Å². The summed E-state index contributed by atoms with van der Waals surface area (Å²) in [5.41, 5.74) is 1.47. The van der Waals surface area contributed by atoms with Crippen molar-refractivity contribution >= 4 is 22.4 Å². The summed E-state index contributed by atoms with van der Waals surface area (Å²) in [6.07, 6.45) is 3.77. The summed E-state index contributed by atoms with van der Waals surface area (Å²) in [6.45, 7) is 5.19. The fraction of sp³-hybridized carbons (Fsp3) is 0.381. The molecule has 1 amide bonds. The zero-order valence-electron chi connectivity index (χ0n) is 17.8. The molecule has 1 aliphatic heterocycles. The first-order valence-corrected chi connectivity index (χ1v) is 10.8. The highest BCUT2D eigenvalue weighted by Crippen LogP contribution is 2.36. The van der Waals surface area contributed by atoms with Crippen LogP contribution in [-0.4, -0.2) is 53.0 Å². The summed E-state index contributed by atoms with van der Waals surface area (Å²) >= 11 is 1.11. The molecule has 1 N–H and O–H groups in total. The zero-order valence-corrected chi connectivity index (χ0v) is 18.7. The third kappa shape index (κ3) is 4.68. The van der Waals surface area contributed by atoms with E-state index in [0.29, 0.717) is 35.6 Å². The van der Waals surface area contributed by atoms with Crippen molar-refractivity contribution in [3.05, 3.63) is 41.2 Å². The van der Waals surface area contributed by atoms with Crippen LogP contribution in [0.4, 0.5) is 9.52 Å². The summed E-state index contributed by atoms with van der Waals surface area (Å²) in [7, 11) is 1.42. The molecule has 3 aromatic heterocycles. The molecule has 1 fully saturated rings. The van der Waals surface area contributed by atoms with Crippen LogP contribution in [0.5, 0.6) is 10.9 Å². The Balaban J connectivity index is 1.57. The highest BCUT2D eigenvalue weighted by molar-refractivity contribution is 7.17. The number of hydrogen-bond donors (Lipinski definition) is 1. The number of nitrogens with zero attached hydrogens (tertiary/aromatic N) is 4. The number of aromatic nitrogens is 4. The van der Waals surface area contributed by atoms with Crippen LogP contribution in [0.2, 0.25) is 0 Å². The van der Waals surface area contributed by atoms with Crippen LogP contribution in [0.15, 0.2) is 18.5 Å². The van der Waals surface area contributed by atoms with Crippen molar-refractivity contribution in [1.29, 1.82) is 0 Å². The highest BCUT2D eigenvalue weighted by Gasteiger charge is 2.23. The molecule has 1 atom stereocenters. The van der Waals surface area contributed by atoms with E-state index in [2.05, 4.69) is 25.5 Å². The molecule has 168 valence electrons. The summed E-state index contributed by atoms with van der Waals surface area (Å²) in [4.78, 5) is 21.2. The number of hydrogen-bond acceptors (Lipinski definition) is 9. The standard InChI is InChI=1S/C21H22FN5O4S/c1-11-6-14(17-16(29-3)8-24-12(2)18(17)22)15(7-23-11)19(28)25-20-26-27-21(32-20)31-10-13-4-5-30-9-13/h6-8,13H,4-5,9-10H2,1-3H3,(H,25,26,28). The molecule has 0 bridgehead atoms. The topological polar surface area (TPSA) is 108 Å². The number of carbonyl (C=O) groups excluding carboxylic acids is 1. The van der Waals surface area contributed by atoms with Crippen molar-refractivity contribution in [2.75, 3.05) is 32.2 Å². The number of rotatable bonds is 7. The van der Waals surface area contributed by atoms with Gasteiger partial charge in [-0.25, -0.2) is 4.39 Å². The van der Waals surface area contributed by atoms with Gasteiger partial charge < -0.3 is 14.2 Å². The van der Waals surface area contributed by atoms with Gasteiger partial charge in [-0.3, -0.25) is 20.1 Å². The summed E-state index contributed by atoms with van der Waals surface area (Å²) in [5.74, 6) is -0.524. The van der Waals surface area contributed by atoms with Gasteiger partial charge in [0.05, 0.1) is 43.3 Å². The molecule has 11 heteroatoms. The lowest BCUT2D eigenvalue weighted by molar-refractivity contribution is 0.102. The van der Waals surface area contributed by atoms with Crippen LogP contribution >= 0.6 is 11.3 Å². The van der Waals surface area contributed by atoms with Crippen LogP contribution < -0.4 is 14.8 Å². The normalized spacial score (nSPS) is 15.6. The number of ether oxygens (including phenoxy) is 3. The van der Waals surface area contributed by atoms with Gasteiger partial charge in [-0.2, -0.15) is 0 Å². The molecule has 32 heavy (non-hydrogen) atoms. The van der Waals surface area contributed by atoms with Gasteiger partial charge in [-0.05, 0) is 37.7 Å². The SMILES string of the molecule is COc1cnc(C)c(F)c1-c1cc(C)ncc1C(=O)Nc1nnc(OCC2CCOC2)s1. The molecule has 1 aliphatic rings. The molecule has 1 unspecified atom stereocenters. The Bertz CT molecular complexity index is 1130. The second kappa shape index (κ2) is 9.53. The fourth-order valence-corrected chi connectivity index (χ4v) is 3.91. The van der Waals surface area contributed by atoms with Crippen LogP contribution in [0.25, 0.3) is 11.1 Å². The van der Waals surface area contributed by atoms with Crippen molar-refractivity contribution in [3.8, 4) is 22.1 Å². The summed E-state index contributed by atoms with van der Waals surface area (Å²) in [6, 6.07) is 1.63. The number of halogens is 1. The number of aryl methyl sites for hydroxylation is 2. The third-order valence-electron chi connectivity index (χ3n) is 5.03. The summed E-state index contributed by atoms with van der Waals surface area (Å²) < 4.78 is 31.3. The minimum absolute atomic E-state index is 0.149. The van der Waals surface area contributed by atoms with Crippen molar-refractivity contribution in [1.82, 2.24) is 20.2 Å². The van der Waals surface area contributed by atoms with Crippen LogP contribution in [0.3, 0.4) is 0 Å². The van der Waals surface area contributed by atoms with Crippen molar-refractivity contribution < 1.29 is 23.4 Å². The molecular weight excluding hydrogens is 437 g/mol. The molecule has 1 saturated heterocycles. The molecule has 0 radical (unpaired) electrons. The Morgan fingerprint density at radius 1 is 1.31 bits per heavy atom. The average molecular weight is 460 g/mol. The Morgan fingerprint density at radius 3 is 2.91 bits per heavy atom. The average Bonchev–Trinajstić information content (AvgIpc) is 3.46. The lowest BCUT2D eigenvalue weighted by atomic mass is 9.99. The van der Waals surface area contributed by atoms with Gasteiger partial charge in [-0.15, -0.1) is 5.10 Å². The van der Waals surface area contributed by atoms with Crippen LogP contribution in [-0.2, 0) is 4.74 Å². The van der Waals surface area contributed by atoms with E-state index < -0.39 is 11.7 Å². The molecule has 0 spiro atoms. The first-order valence-electron chi connectivity index (χ1n) is 9.97. The number of carbonyl (C=O) groups is 1. The predicted octanol–water partition coefficient (Wildman–Crippen LogP) is 3.43. The molecular formula is C21H22FN5O4S. The number of amides is 1. The minimum atomic E-state index is -0.563. The van der Waals surface area contributed by atoms with E-state index in [1.165, 1.54) is 19.5 Å². The van der Waals surface area contributed by atoms with E-state index in [1.807, 2.05) is 0 Å². The van der Waals surface area contributed by atoms with Crippen LogP contribution in [0.1, 0.15) is 28.2 Å². The first-order chi connectivity index (χ1) is 15.5. The van der Waals surface area contributed by atoms with Gasteiger partial charge in [0.15, 0.2) is 5.82 Å². The monoisotopic (exact) mass is 459 g/mol. The molecule has 4 rings (SSSR count). The zero-order chi connectivity index (χ0) is 22.7. The fourth-order valence-electron chi connectivity index (χ4n) is 3.31. The first kappa shape index (κ1) is 22.0. The third-order valence-corrected chi connectivity index (χ3v) is 5.78. The van der Waals surface area contributed by atoms with Crippen LogP contribution in [0, 0.1) is 25.6 Å². The van der Waals surface area contributed by atoms with Gasteiger partial charge in [0.1, 0.15) is 5.75 Å². The predicted molar refractivity (Wildman–Crippen MR) is 116 cm³/mol. The van der Waals surface area contributed by atoms with E-state index in [0.717, 1.165) is 24.4 Å². The quantitative estimate of drug-likeness (QED) is 0.573.